The number of carbonyl (C=O) groups excluding carboxylic acids is 2. The molecule has 0 saturated heterocycles. The molecular formula is C37H73O8P. The molecule has 0 aromatic rings. The molecule has 0 fully saturated rings. The first-order chi connectivity index (χ1) is 22.0. The molecule has 2 N–H and O–H groups in total. The zero-order valence-electron chi connectivity index (χ0n) is 30.3. The van der Waals surface area contributed by atoms with Gasteiger partial charge in [0.1, 0.15) is 6.61 Å². The van der Waals surface area contributed by atoms with Crippen molar-refractivity contribution in [2.75, 3.05) is 13.2 Å². The van der Waals surface area contributed by atoms with Gasteiger partial charge in [-0.25, -0.2) is 4.57 Å². The molecule has 0 saturated carbocycles. The molecule has 0 heterocycles. The first-order valence-electron chi connectivity index (χ1n) is 19.1. The number of rotatable bonds is 34. The van der Waals surface area contributed by atoms with Gasteiger partial charge >= 0.3 is 19.8 Å². The van der Waals surface area contributed by atoms with Gasteiger partial charge in [0, 0.05) is 12.8 Å². The highest BCUT2D eigenvalue weighted by Crippen LogP contribution is 2.36. The molecule has 2 atom stereocenters. The number of hydrogen-bond acceptors (Lipinski definition) is 6. The molecule has 0 aliphatic heterocycles. The van der Waals surface area contributed by atoms with Crippen molar-refractivity contribution in [3.05, 3.63) is 0 Å². The Labute approximate surface area is 283 Å². The Bertz CT molecular complexity index is 754. The Kier molecular flexibility index (Phi) is 30.7. The van der Waals surface area contributed by atoms with Crippen molar-refractivity contribution in [1.29, 1.82) is 0 Å². The van der Waals surface area contributed by atoms with Crippen LogP contribution in [-0.2, 0) is 28.2 Å². The summed E-state index contributed by atoms with van der Waals surface area (Å²) in [5.41, 5.74) is 0. The van der Waals surface area contributed by atoms with Gasteiger partial charge in [0.05, 0.1) is 6.61 Å². The van der Waals surface area contributed by atoms with Gasteiger partial charge in [-0.1, -0.05) is 169 Å². The van der Waals surface area contributed by atoms with Crippen LogP contribution in [0.3, 0.4) is 0 Å². The fourth-order valence-corrected chi connectivity index (χ4v) is 5.95. The largest absolute Gasteiger partial charge is 0.469 e. The lowest BCUT2D eigenvalue weighted by molar-refractivity contribution is -0.161. The van der Waals surface area contributed by atoms with Crippen molar-refractivity contribution < 1.29 is 37.9 Å². The van der Waals surface area contributed by atoms with Crippen LogP contribution in [0, 0.1) is 11.8 Å². The lowest BCUT2D eigenvalue weighted by atomic mass is 9.99. The summed E-state index contributed by atoms with van der Waals surface area (Å²) in [6.07, 6.45) is 28.4. The van der Waals surface area contributed by atoms with Gasteiger partial charge in [-0.15, -0.1) is 0 Å². The van der Waals surface area contributed by atoms with E-state index in [1.165, 1.54) is 109 Å². The summed E-state index contributed by atoms with van der Waals surface area (Å²) < 4.78 is 26.3. The molecule has 0 spiro atoms. The fourth-order valence-electron chi connectivity index (χ4n) is 5.59. The van der Waals surface area contributed by atoms with Gasteiger partial charge in [0.2, 0.25) is 0 Å². The predicted molar refractivity (Wildman–Crippen MR) is 189 cm³/mol. The third kappa shape index (κ3) is 34.4. The molecule has 9 heteroatoms. The number of unbranched alkanes of at least 4 members (excludes halogenated alkanes) is 19. The second kappa shape index (κ2) is 31.3. The normalized spacial score (nSPS) is 13.2. The van der Waals surface area contributed by atoms with E-state index >= 15 is 0 Å². The summed E-state index contributed by atoms with van der Waals surface area (Å²) in [7, 11) is -4.74. The second-order valence-corrected chi connectivity index (χ2v) is 15.2. The van der Waals surface area contributed by atoms with Crippen LogP contribution in [0.1, 0.15) is 195 Å². The molecule has 0 aliphatic rings. The Balaban J connectivity index is 3.88. The third-order valence-corrected chi connectivity index (χ3v) is 9.33. The summed E-state index contributed by atoms with van der Waals surface area (Å²) in [5.74, 6) is 0.759. The Hall–Kier alpha value is -0.950. The Morgan fingerprint density at radius 1 is 0.565 bits per heavy atom. The highest BCUT2D eigenvalue weighted by atomic mass is 31.2. The van der Waals surface area contributed by atoms with Crippen molar-refractivity contribution in [2.45, 2.75) is 201 Å². The minimum Gasteiger partial charge on any atom is -0.462 e. The number of phosphoric acid groups is 1. The number of phosphoric ester groups is 1. The third-order valence-electron chi connectivity index (χ3n) is 8.84. The summed E-state index contributed by atoms with van der Waals surface area (Å²) >= 11 is 0. The van der Waals surface area contributed by atoms with E-state index in [1.54, 1.807) is 0 Å². The lowest BCUT2D eigenvalue weighted by Crippen LogP contribution is -2.29. The fraction of sp³-hybridized carbons (Fsp3) is 0.946. The van der Waals surface area contributed by atoms with E-state index in [0.29, 0.717) is 6.42 Å². The van der Waals surface area contributed by atoms with Crippen molar-refractivity contribution in [1.82, 2.24) is 0 Å². The molecule has 46 heavy (non-hydrogen) atoms. The van der Waals surface area contributed by atoms with Crippen molar-refractivity contribution in [3.8, 4) is 0 Å². The molecular weight excluding hydrogens is 603 g/mol. The van der Waals surface area contributed by atoms with Crippen LogP contribution >= 0.6 is 7.82 Å². The van der Waals surface area contributed by atoms with E-state index < -0.39 is 32.5 Å². The van der Waals surface area contributed by atoms with E-state index in [2.05, 4.69) is 32.2 Å². The molecule has 274 valence electrons. The molecule has 1 unspecified atom stereocenters. The van der Waals surface area contributed by atoms with Crippen molar-refractivity contribution >= 4 is 19.8 Å². The maximum absolute atomic E-state index is 12.3. The zero-order chi connectivity index (χ0) is 34.3. The molecule has 0 rings (SSSR count). The maximum atomic E-state index is 12.3. The van der Waals surface area contributed by atoms with Crippen molar-refractivity contribution in [3.63, 3.8) is 0 Å². The van der Waals surface area contributed by atoms with Crippen LogP contribution in [0.2, 0.25) is 0 Å². The minimum atomic E-state index is -4.74. The van der Waals surface area contributed by atoms with Gasteiger partial charge in [-0.3, -0.25) is 14.1 Å². The van der Waals surface area contributed by atoms with Crippen LogP contribution in [0.5, 0.6) is 0 Å². The molecule has 8 nitrogen and oxygen atoms in total. The molecule has 0 aromatic carbocycles. The molecule has 0 aliphatic carbocycles. The second-order valence-electron chi connectivity index (χ2n) is 14.0. The van der Waals surface area contributed by atoms with Gasteiger partial charge < -0.3 is 19.3 Å². The van der Waals surface area contributed by atoms with E-state index in [-0.39, 0.29) is 19.4 Å². The summed E-state index contributed by atoms with van der Waals surface area (Å²) in [4.78, 5) is 42.6. The highest BCUT2D eigenvalue weighted by Gasteiger charge is 2.22. The molecule has 0 amide bonds. The first-order valence-corrected chi connectivity index (χ1v) is 20.6. The number of hydrogen-bond donors (Lipinski definition) is 2. The van der Waals surface area contributed by atoms with E-state index in [1.807, 2.05) is 0 Å². The van der Waals surface area contributed by atoms with Crippen LogP contribution in [0.25, 0.3) is 0 Å². The summed E-state index contributed by atoms with van der Waals surface area (Å²) in [6, 6.07) is 0. The standard InChI is InChI=1S/C37H73O8P/c1-5-34(4)28-24-20-16-12-10-8-6-7-9-11-13-17-21-25-29-36(38)43-31-35(32-44-46(40,41)42)45-37(39)30-26-22-18-14-15-19-23-27-33(2)3/h33-35H,5-32H2,1-4H3,(H2,40,41,42)/t34?,35-/m1/s1. The van der Waals surface area contributed by atoms with Crippen LogP contribution in [-0.4, -0.2) is 41.0 Å². The van der Waals surface area contributed by atoms with Crippen LogP contribution < -0.4 is 0 Å². The van der Waals surface area contributed by atoms with Crippen LogP contribution in [0.15, 0.2) is 0 Å². The SMILES string of the molecule is CCC(C)CCCCCCCCCCCCCCCCC(=O)OC[C@H](COP(=O)(O)O)OC(=O)CCCCCCCCCC(C)C. The van der Waals surface area contributed by atoms with Gasteiger partial charge in [0.15, 0.2) is 6.10 Å². The van der Waals surface area contributed by atoms with E-state index in [9.17, 15) is 14.2 Å². The molecule has 0 aromatic heterocycles. The van der Waals surface area contributed by atoms with Crippen LogP contribution in [0.4, 0.5) is 0 Å². The minimum absolute atomic E-state index is 0.215. The predicted octanol–water partition coefficient (Wildman–Crippen LogP) is 11.0. The summed E-state index contributed by atoms with van der Waals surface area (Å²) in [5, 5.41) is 0. The van der Waals surface area contributed by atoms with Gasteiger partial charge in [-0.05, 0) is 24.7 Å². The highest BCUT2D eigenvalue weighted by molar-refractivity contribution is 7.46. The average molecular weight is 677 g/mol. The number of carbonyl (C=O) groups is 2. The number of esters is 2. The Morgan fingerprint density at radius 2 is 0.957 bits per heavy atom. The smallest absolute Gasteiger partial charge is 0.462 e. The number of ether oxygens (including phenoxy) is 2. The average Bonchev–Trinajstić information content (AvgIpc) is 3.00. The Morgan fingerprint density at radius 3 is 1.37 bits per heavy atom. The van der Waals surface area contributed by atoms with Gasteiger partial charge in [0.25, 0.3) is 0 Å². The molecule has 0 bridgehead atoms. The quantitative estimate of drug-likeness (QED) is 0.0392. The zero-order valence-corrected chi connectivity index (χ0v) is 31.2. The van der Waals surface area contributed by atoms with Gasteiger partial charge in [-0.2, -0.15) is 0 Å². The van der Waals surface area contributed by atoms with Crippen molar-refractivity contribution in [2.24, 2.45) is 11.8 Å². The lowest BCUT2D eigenvalue weighted by Gasteiger charge is -2.18. The first kappa shape index (κ1) is 45.0. The summed E-state index contributed by atoms with van der Waals surface area (Å²) in [6.45, 7) is 8.32. The monoisotopic (exact) mass is 677 g/mol. The van der Waals surface area contributed by atoms with E-state index in [0.717, 1.165) is 50.4 Å². The topological polar surface area (TPSA) is 119 Å². The molecule has 0 radical (unpaired) electrons. The van der Waals surface area contributed by atoms with E-state index in [4.69, 9.17) is 19.3 Å². The maximum Gasteiger partial charge on any atom is 0.469 e.